The maximum atomic E-state index is 12.4. The molecular formula is C51H99NO5. The number of amides is 1. The van der Waals surface area contributed by atoms with E-state index in [2.05, 4.69) is 31.3 Å². The van der Waals surface area contributed by atoms with Crippen LogP contribution in [0.4, 0.5) is 0 Å². The summed E-state index contributed by atoms with van der Waals surface area (Å²) in [5.41, 5.74) is 0. The monoisotopic (exact) mass is 806 g/mol. The fourth-order valence-corrected chi connectivity index (χ4v) is 7.87. The van der Waals surface area contributed by atoms with E-state index in [1.807, 2.05) is 0 Å². The summed E-state index contributed by atoms with van der Waals surface area (Å²) < 4.78 is 5.46. The number of allylic oxidation sites excluding steroid dienone is 2. The van der Waals surface area contributed by atoms with Crippen LogP contribution in [0.3, 0.4) is 0 Å². The van der Waals surface area contributed by atoms with Crippen molar-refractivity contribution in [1.29, 1.82) is 0 Å². The van der Waals surface area contributed by atoms with E-state index in [1.54, 1.807) is 0 Å². The smallest absolute Gasteiger partial charge is 0.305 e. The maximum absolute atomic E-state index is 12.4. The molecule has 0 rings (SSSR count). The Morgan fingerprint density at radius 2 is 0.825 bits per heavy atom. The zero-order valence-electron chi connectivity index (χ0n) is 38.3. The Morgan fingerprint density at radius 3 is 1.25 bits per heavy atom. The van der Waals surface area contributed by atoms with E-state index < -0.39 is 12.1 Å². The van der Waals surface area contributed by atoms with Crippen molar-refractivity contribution in [1.82, 2.24) is 5.32 Å². The Bertz CT molecular complexity index is 847. The molecule has 6 heteroatoms. The number of aliphatic hydroxyl groups excluding tert-OH is 2. The quantitative estimate of drug-likeness (QED) is 0.0323. The predicted octanol–water partition coefficient (Wildman–Crippen LogP) is 15.0. The van der Waals surface area contributed by atoms with Gasteiger partial charge in [-0.1, -0.05) is 225 Å². The highest BCUT2D eigenvalue weighted by atomic mass is 16.5. The average Bonchev–Trinajstić information content (AvgIpc) is 3.21. The predicted molar refractivity (Wildman–Crippen MR) is 246 cm³/mol. The Hall–Kier alpha value is -1.40. The highest BCUT2D eigenvalue weighted by molar-refractivity contribution is 5.76. The first kappa shape index (κ1) is 55.6. The average molecular weight is 806 g/mol. The molecule has 57 heavy (non-hydrogen) atoms. The van der Waals surface area contributed by atoms with Gasteiger partial charge in [-0.25, -0.2) is 0 Å². The number of rotatable bonds is 47. The number of esters is 1. The molecule has 0 aliphatic carbocycles. The largest absolute Gasteiger partial charge is 0.466 e. The van der Waals surface area contributed by atoms with E-state index in [-0.39, 0.29) is 18.5 Å². The van der Waals surface area contributed by atoms with Gasteiger partial charge in [0.05, 0.1) is 25.4 Å². The molecule has 338 valence electrons. The molecule has 0 aliphatic heterocycles. The second-order valence-electron chi connectivity index (χ2n) is 17.5. The fourth-order valence-electron chi connectivity index (χ4n) is 7.87. The van der Waals surface area contributed by atoms with Crippen molar-refractivity contribution >= 4 is 11.9 Å². The van der Waals surface area contributed by atoms with Gasteiger partial charge in [0, 0.05) is 12.8 Å². The van der Waals surface area contributed by atoms with Gasteiger partial charge >= 0.3 is 5.97 Å². The van der Waals surface area contributed by atoms with E-state index in [0.29, 0.717) is 25.9 Å². The van der Waals surface area contributed by atoms with Crippen LogP contribution in [0, 0.1) is 0 Å². The van der Waals surface area contributed by atoms with Crippen molar-refractivity contribution in [3.05, 3.63) is 12.2 Å². The molecule has 0 aromatic rings. The van der Waals surface area contributed by atoms with Crippen molar-refractivity contribution in [2.45, 2.75) is 289 Å². The van der Waals surface area contributed by atoms with Crippen molar-refractivity contribution in [2.75, 3.05) is 13.2 Å². The van der Waals surface area contributed by atoms with Crippen molar-refractivity contribution in [2.24, 2.45) is 0 Å². The lowest BCUT2D eigenvalue weighted by Gasteiger charge is -2.22. The van der Waals surface area contributed by atoms with Gasteiger partial charge in [-0.2, -0.15) is 0 Å². The number of hydrogen-bond acceptors (Lipinski definition) is 5. The zero-order chi connectivity index (χ0) is 41.5. The molecule has 0 fully saturated rings. The van der Waals surface area contributed by atoms with Crippen LogP contribution in [-0.4, -0.2) is 47.4 Å². The number of unbranched alkanes of at least 4 members (excludes halogenated alkanes) is 34. The van der Waals surface area contributed by atoms with Gasteiger partial charge in [0.15, 0.2) is 0 Å². The van der Waals surface area contributed by atoms with Gasteiger partial charge in [-0.3, -0.25) is 9.59 Å². The van der Waals surface area contributed by atoms with Crippen LogP contribution in [0.15, 0.2) is 12.2 Å². The van der Waals surface area contributed by atoms with Gasteiger partial charge in [0.2, 0.25) is 5.91 Å². The number of carbonyl (C=O) groups is 2. The Kier molecular flexibility index (Phi) is 46.1. The lowest BCUT2D eigenvalue weighted by molar-refractivity contribution is -0.143. The van der Waals surface area contributed by atoms with Gasteiger partial charge in [-0.05, 0) is 51.4 Å². The molecule has 0 aromatic heterocycles. The summed E-state index contributed by atoms with van der Waals surface area (Å²) in [5, 5.41) is 23.1. The van der Waals surface area contributed by atoms with E-state index in [0.717, 1.165) is 44.9 Å². The van der Waals surface area contributed by atoms with Gasteiger partial charge in [0.25, 0.3) is 0 Å². The van der Waals surface area contributed by atoms with E-state index >= 15 is 0 Å². The van der Waals surface area contributed by atoms with Gasteiger partial charge in [0.1, 0.15) is 0 Å². The second kappa shape index (κ2) is 47.3. The number of nitrogens with one attached hydrogen (secondary N) is 1. The number of hydrogen-bond donors (Lipinski definition) is 3. The first-order valence-electron chi connectivity index (χ1n) is 25.4. The standard InChI is InChI=1S/C51H99NO5/c1-3-5-7-9-11-13-14-15-22-25-29-33-37-41-45-51(56)57-46-42-38-34-30-26-23-20-18-16-17-19-21-24-28-32-36-40-44-50(55)52-48(47-53)49(54)43-39-35-31-27-12-10-8-6-4-2/h14-15,48-49,53-54H,3-13,16-47H2,1-2H3,(H,52,55)/b15-14-. The number of carbonyl (C=O) groups excluding carboxylic acids is 2. The van der Waals surface area contributed by atoms with Gasteiger partial charge < -0.3 is 20.3 Å². The highest BCUT2D eigenvalue weighted by Crippen LogP contribution is 2.16. The Labute approximate surface area is 355 Å². The highest BCUT2D eigenvalue weighted by Gasteiger charge is 2.20. The molecule has 0 heterocycles. The van der Waals surface area contributed by atoms with Crippen LogP contribution < -0.4 is 5.32 Å². The molecule has 3 N–H and O–H groups in total. The minimum Gasteiger partial charge on any atom is -0.466 e. The summed E-state index contributed by atoms with van der Waals surface area (Å²) in [4.78, 5) is 24.4. The lowest BCUT2D eigenvalue weighted by Crippen LogP contribution is -2.45. The minimum atomic E-state index is -0.664. The first-order valence-corrected chi connectivity index (χ1v) is 25.4. The molecule has 2 unspecified atom stereocenters. The SMILES string of the molecule is CCCCCCC/C=C\CCCCCCCC(=O)OCCCCCCCCCCCCCCCCCCCC(=O)NC(CO)C(O)CCCCCCCCCCC. The summed E-state index contributed by atoms with van der Waals surface area (Å²) in [6, 6.07) is -0.542. The molecule has 2 atom stereocenters. The molecule has 0 radical (unpaired) electrons. The summed E-state index contributed by atoms with van der Waals surface area (Å²) >= 11 is 0. The topological polar surface area (TPSA) is 95.9 Å². The summed E-state index contributed by atoms with van der Waals surface area (Å²) in [6.45, 7) is 4.91. The van der Waals surface area contributed by atoms with Crippen molar-refractivity contribution in [3.63, 3.8) is 0 Å². The normalized spacial score (nSPS) is 12.7. The summed E-state index contributed by atoms with van der Waals surface area (Å²) in [6.07, 6.45) is 53.3. The molecule has 0 spiro atoms. The molecule has 6 nitrogen and oxygen atoms in total. The van der Waals surface area contributed by atoms with Crippen LogP contribution in [0.1, 0.15) is 277 Å². The van der Waals surface area contributed by atoms with Crippen LogP contribution in [0.5, 0.6) is 0 Å². The molecular weight excluding hydrogens is 707 g/mol. The molecule has 0 saturated carbocycles. The minimum absolute atomic E-state index is 0.00338. The fraction of sp³-hybridized carbons (Fsp3) is 0.922. The van der Waals surface area contributed by atoms with Gasteiger partial charge in [-0.15, -0.1) is 0 Å². The van der Waals surface area contributed by atoms with E-state index in [4.69, 9.17) is 4.74 Å². The van der Waals surface area contributed by atoms with Crippen molar-refractivity contribution < 1.29 is 24.5 Å². The molecule has 0 bridgehead atoms. The first-order chi connectivity index (χ1) is 28.0. The zero-order valence-corrected chi connectivity index (χ0v) is 38.3. The second-order valence-corrected chi connectivity index (χ2v) is 17.5. The molecule has 0 aromatic carbocycles. The van der Waals surface area contributed by atoms with Crippen LogP contribution >= 0.6 is 0 Å². The number of ether oxygens (including phenoxy) is 1. The molecule has 0 aliphatic rings. The molecule has 1 amide bonds. The number of aliphatic hydroxyl groups is 2. The maximum Gasteiger partial charge on any atom is 0.305 e. The van der Waals surface area contributed by atoms with E-state index in [1.165, 1.54) is 199 Å². The Balaban J connectivity index is 3.39. The van der Waals surface area contributed by atoms with E-state index in [9.17, 15) is 19.8 Å². The third-order valence-corrected chi connectivity index (χ3v) is 11.8. The Morgan fingerprint density at radius 1 is 0.474 bits per heavy atom. The third-order valence-electron chi connectivity index (χ3n) is 11.8. The van der Waals surface area contributed by atoms with Crippen LogP contribution in [0.25, 0.3) is 0 Å². The van der Waals surface area contributed by atoms with Crippen LogP contribution in [-0.2, 0) is 14.3 Å². The van der Waals surface area contributed by atoms with Crippen LogP contribution in [0.2, 0.25) is 0 Å². The lowest BCUT2D eigenvalue weighted by atomic mass is 10.0. The molecule has 0 saturated heterocycles. The third kappa shape index (κ3) is 44.0. The van der Waals surface area contributed by atoms with Crippen molar-refractivity contribution in [3.8, 4) is 0 Å². The summed E-state index contributed by atoms with van der Waals surface area (Å²) in [5.74, 6) is -0.0461. The summed E-state index contributed by atoms with van der Waals surface area (Å²) in [7, 11) is 0.